The maximum absolute atomic E-state index is 12.8. The van der Waals surface area contributed by atoms with Gasteiger partial charge < -0.3 is 37.0 Å². The van der Waals surface area contributed by atoms with Crippen molar-refractivity contribution in [2.75, 3.05) is 6.61 Å². The number of aliphatic hydroxyl groups is 1. The van der Waals surface area contributed by atoms with Crippen LogP contribution in [0.3, 0.4) is 0 Å². The first-order chi connectivity index (χ1) is 14.9. The molecule has 0 aromatic heterocycles. The second kappa shape index (κ2) is 12.6. The van der Waals surface area contributed by atoms with Crippen molar-refractivity contribution < 1.29 is 34.5 Å². The highest BCUT2D eigenvalue weighted by atomic mass is 16.4. The fraction of sp³-hybridized carbons (Fsp3) is 0.524. The first kappa shape index (κ1) is 26.9. The Bertz CT molecular complexity index is 796. The third kappa shape index (κ3) is 8.90. The minimum Gasteiger partial charge on any atom is -0.508 e. The van der Waals surface area contributed by atoms with Crippen molar-refractivity contribution in [3.8, 4) is 5.75 Å². The molecule has 0 fully saturated rings. The van der Waals surface area contributed by atoms with Crippen molar-refractivity contribution in [2.24, 2.45) is 11.7 Å². The van der Waals surface area contributed by atoms with E-state index in [0.717, 1.165) is 0 Å². The van der Waals surface area contributed by atoms with E-state index in [4.69, 9.17) is 5.73 Å². The maximum Gasteiger partial charge on any atom is 0.326 e. The minimum atomic E-state index is -1.32. The summed E-state index contributed by atoms with van der Waals surface area (Å²) in [6.07, 6.45) is 0.163. The van der Waals surface area contributed by atoms with Crippen LogP contribution < -0.4 is 21.7 Å². The van der Waals surface area contributed by atoms with Crippen molar-refractivity contribution in [1.29, 1.82) is 0 Å². The van der Waals surface area contributed by atoms with E-state index in [0.29, 0.717) is 5.56 Å². The van der Waals surface area contributed by atoms with Crippen LogP contribution in [-0.2, 0) is 25.6 Å². The molecule has 4 unspecified atom stereocenters. The third-order valence-corrected chi connectivity index (χ3v) is 4.56. The van der Waals surface area contributed by atoms with Crippen LogP contribution in [0.2, 0.25) is 0 Å². The van der Waals surface area contributed by atoms with Gasteiger partial charge in [0.1, 0.15) is 23.9 Å². The molecule has 8 N–H and O–H groups in total. The van der Waals surface area contributed by atoms with Crippen molar-refractivity contribution >= 4 is 23.7 Å². The highest BCUT2D eigenvalue weighted by molar-refractivity contribution is 5.94. The lowest BCUT2D eigenvalue weighted by molar-refractivity contribution is -0.142. The summed E-state index contributed by atoms with van der Waals surface area (Å²) >= 11 is 0. The molecule has 0 aliphatic rings. The largest absolute Gasteiger partial charge is 0.508 e. The smallest absolute Gasteiger partial charge is 0.326 e. The normalized spacial score (nSPS) is 14.7. The molecule has 3 amide bonds. The topological polar surface area (TPSA) is 191 Å². The standard InChI is InChI=1S/C21H32N4O7/c1-11(2)8-15(23-20(30)17(10-26)25-18(28)12(3)22)19(29)24-16(21(31)32)9-13-4-6-14(27)7-5-13/h4-7,11-12,15-17,26-27H,8-10,22H2,1-3H3,(H,23,30)(H,24,29)(H,25,28)(H,31,32). The monoisotopic (exact) mass is 452 g/mol. The van der Waals surface area contributed by atoms with Gasteiger partial charge in [-0.3, -0.25) is 14.4 Å². The summed E-state index contributed by atoms with van der Waals surface area (Å²) in [5.74, 6) is -3.43. The molecule has 1 aromatic rings. The van der Waals surface area contributed by atoms with Crippen LogP contribution in [0.5, 0.6) is 5.75 Å². The van der Waals surface area contributed by atoms with Gasteiger partial charge in [0.25, 0.3) is 0 Å². The minimum absolute atomic E-state index is 0.0268. The fourth-order valence-electron chi connectivity index (χ4n) is 2.81. The Morgan fingerprint density at radius 1 is 0.875 bits per heavy atom. The van der Waals surface area contributed by atoms with E-state index in [1.54, 1.807) is 0 Å². The summed E-state index contributed by atoms with van der Waals surface area (Å²) in [5.41, 5.74) is 6.03. The first-order valence-electron chi connectivity index (χ1n) is 10.2. The Labute approximate surface area is 186 Å². The van der Waals surface area contributed by atoms with E-state index < -0.39 is 54.5 Å². The van der Waals surface area contributed by atoms with Crippen LogP contribution in [0, 0.1) is 5.92 Å². The number of nitrogens with one attached hydrogen (secondary N) is 3. The molecule has 178 valence electrons. The molecule has 11 nitrogen and oxygen atoms in total. The number of carboxylic acid groups (broad SMARTS) is 1. The molecule has 0 aliphatic heterocycles. The van der Waals surface area contributed by atoms with Gasteiger partial charge in [0.15, 0.2) is 0 Å². The third-order valence-electron chi connectivity index (χ3n) is 4.56. The lowest BCUT2D eigenvalue weighted by Gasteiger charge is -2.25. The van der Waals surface area contributed by atoms with Crippen molar-refractivity contribution in [3.05, 3.63) is 29.8 Å². The molecule has 0 heterocycles. The second-order valence-corrected chi connectivity index (χ2v) is 7.99. The van der Waals surface area contributed by atoms with Crippen molar-refractivity contribution in [2.45, 2.75) is 57.8 Å². The molecule has 0 saturated heterocycles. The Morgan fingerprint density at radius 2 is 1.38 bits per heavy atom. The predicted octanol–water partition coefficient (Wildman–Crippen LogP) is -1.14. The molecule has 0 saturated carbocycles. The summed E-state index contributed by atoms with van der Waals surface area (Å²) < 4.78 is 0. The van der Waals surface area contributed by atoms with Gasteiger partial charge >= 0.3 is 5.97 Å². The Balaban J connectivity index is 2.92. The molecule has 4 atom stereocenters. The fourth-order valence-corrected chi connectivity index (χ4v) is 2.81. The quantitative estimate of drug-likeness (QED) is 0.207. The van der Waals surface area contributed by atoms with E-state index >= 15 is 0 Å². The SMILES string of the molecule is CC(C)CC(NC(=O)C(CO)NC(=O)C(C)N)C(=O)NC(Cc1ccc(O)cc1)C(=O)O. The molecule has 1 rings (SSSR count). The molecular formula is C21H32N4O7. The van der Waals surface area contributed by atoms with E-state index in [1.807, 2.05) is 13.8 Å². The van der Waals surface area contributed by atoms with Crippen molar-refractivity contribution in [1.82, 2.24) is 16.0 Å². The second-order valence-electron chi connectivity index (χ2n) is 7.99. The van der Waals surface area contributed by atoms with Gasteiger partial charge in [0.2, 0.25) is 17.7 Å². The van der Waals surface area contributed by atoms with Gasteiger partial charge in [-0.15, -0.1) is 0 Å². The lowest BCUT2D eigenvalue weighted by Crippen LogP contribution is -2.58. The van der Waals surface area contributed by atoms with Gasteiger partial charge in [-0.2, -0.15) is 0 Å². The van der Waals surface area contributed by atoms with Crippen molar-refractivity contribution in [3.63, 3.8) is 0 Å². The number of hydrogen-bond donors (Lipinski definition) is 7. The Morgan fingerprint density at radius 3 is 1.84 bits per heavy atom. The highest BCUT2D eigenvalue weighted by Crippen LogP contribution is 2.12. The van der Waals surface area contributed by atoms with Gasteiger partial charge in [-0.05, 0) is 37.0 Å². The van der Waals surface area contributed by atoms with Crippen LogP contribution in [0.15, 0.2) is 24.3 Å². The molecule has 0 radical (unpaired) electrons. The van der Waals surface area contributed by atoms with Crippen LogP contribution >= 0.6 is 0 Å². The predicted molar refractivity (Wildman–Crippen MR) is 115 cm³/mol. The van der Waals surface area contributed by atoms with E-state index in [1.165, 1.54) is 31.2 Å². The average molecular weight is 453 g/mol. The van der Waals surface area contributed by atoms with Gasteiger partial charge in [0, 0.05) is 6.42 Å². The van der Waals surface area contributed by atoms with Gasteiger partial charge in [0.05, 0.1) is 12.6 Å². The molecule has 32 heavy (non-hydrogen) atoms. The number of aliphatic hydroxyl groups excluding tert-OH is 1. The zero-order valence-corrected chi connectivity index (χ0v) is 18.4. The van der Waals surface area contributed by atoms with Crippen LogP contribution in [0.4, 0.5) is 0 Å². The summed E-state index contributed by atoms with van der Waals surface area (Å²) in [4.78, 5) is 48.8. The van der Waals surface area contributed by atoms with E-state index in [2.05, 4.69) is 16.0 Å². The number of carboxylic acids is 1. The molecule has 0 aliphatic carbocycles. The summed E-state index contributed by atoms with van der Waals surface area (Å²) in [6, 6.07) is 1.31. The van der Waals surface area contributed by atoms with Crippen LogP contribution in [0.25, 0.3) is 0 Å². The Kier molecular flexibility index (Phi) is 10.6. The maximum atomic E-state index is 12.8. The molecule has 0 bridgehead atoms. The van der Waals surface area contributed by atoms with E-state index in [9.17, 15) is 34.5 Å². The molecular weight excluding hydrogens is 420 g/mol. The van der Waals surface area contributed by atoms with Crippen LogP contribution in [-0.4, -0.2) is 69.8 Å². The number of aromatic hydroxyl groups is 1. The molecule has 11 heteroatoms. The van der Waals surface area contributed by atoms with Gasteiger partial charge in [-0.1, -0.05) is 26.0 Å². The number of carbonyl (C=O) groups is 4. The number of benzene rings is 1. The van der Waals surface area contributed by atoms with Gasteiger partial charge in [-0.25, -0.2) is 4.79 Å². The molecule has 0 spiro atoms. The summed E-state index contributed by atoms with van der Waals surface area (Å²) in [7, 11) is 0. The number of rotatable bonds is 12. The van der Waals surface area contributed by atoms with E-state index in [-0.39, 0.29) is 24.5 Å². The number of amides is 3. The first-order valence-corrected chi connectivity index (χ1v) is 10.2. The summed E-state index contributed by atoms with van der Waals surface area (Å²) in [6.45, 7) is 4.34. The number of nitrogens with two attached hydrogens (primary N) is 1. The molecule has 1 aromatic carbocycles. The number of aliphatic carboxylic acids is 1. The zero-order valence-electron chi connectivity index (χ0n) is 18.4. The highest BCUT2D eigenvalue weighted by Gasteiger charge is 2.30. The number of phenols is 1. The number of hydrogen-bond acceptors (Lipinski definition) is 7. The number of phenolic OH excluding ortho intramolecular Hbond substituents is 1. The van der Waals surface area contributed by atoms with Crippen LogP contribution in [0.1, 0.15) is 32.8 Å². The average Bonchev–Trinajstić information content (AvgIpc) is 2.71. The summed E-state index contributed by atoms with van der Waals surface area (Å²) in [5, 5.41) is 35.5. The lowest BCUT2D eigenvalue weighted by atomic mass is 10.0. The zero-order chi connectivity index (χ0) is 24.4. The Hall–Kier alpha value is -3.18. The number of carbonyl (C=O) groups excluding carboxylic acids is 3.